The molecule has 0 spiro atoms. The number of anilines is 1. The third-order valence-electron chi connectivity index (χ3n) is 6.87. The number of aromatic nitrogens is 1. The van der Waals surface area contributed by atoms with E-state index in [0.717, 1.165) is 53.4 Å². The molecule has 0 bridgehead atoms. The first-order valence-electron chi connectivity index (χ1n) is 12.0. The van der Waals surface area contributed by atoms with Crippen LogP contribution in [-0.2, 0) is 6.54 Å². The molecule has 2 amide bonds. The first kappa shape index (κ1) is 23.3. The quantitative estimate of drug-likeness (QED) is 0.312. The minimum Gasteiger partial charge on any atom is -0.317 e. The van der Waals surface area contributed by atoms with Gasteiger partial charge in [-0.2, -0.15) is 0 Å². The Kier molecular flexibility index (Phi) is 6.96. The number of nitrogens with one attached hydrogen (secondary N) is 1. The number of urea groups is 1. The number of carbonyl (C=O) groups is 1. The van der Waals surface area contributed by atoms with E-state index in [9.17, 15) is 9.18 Å². The average molecular weight is 488 g/mol. The fraction of sp³-hybridized carbons (Fsp3) is 0.241. The van der Waals surface area contributed by atoms with E-state index < -0.39 is 0 Å². The fourth-order valence-electron chi connectivity index (χ4n) is 5.07. The van der Waals surface area contributed by atoms with Crippen molar-refractivity contribution >= 4 is 34.2 Å². The summed E-state index contributed by atoms with van der Waals surface area (Å²) in [6.07, 6.45) is 5.43. The lowest BCUT2D eigenvalue weighted by Gasteiger charge is -2.37. The van der Waals surface area contributed by atoms with Gasteiger partial charge >= 0.3 is 6.03 Å². The van der Waals surface area contributed by atoms with Gasteiger partial charge in [0.15, 0.2) is 0 Å². The number of nitrogens with zero attached hydrogens (tertiary/aromatic N) is 2. The Hall–Kier alpha value is -3.44. The number of hydrogen-bond acceptors (Lipinski definition) is 2. The van der Waals surface area contributed by atoms with Gasteiger partial charge in [0, 0.05) is 34.9 Å². The smallest absolute Gasteiger partial charge is 0.317 e. The number of hydrogen-bond donors (Lipinski definition) is 1. The van der Waals surface area contributed by atoms with E-state index >= 15 is 0 Å². The highest BCUT2D eigenvalue weighted by molar-refractivity contribution is 6.30. The van der Waals surface area contributed by atoms with Crippen molar-refractivity contribution in [1.29, 1.82) is 0 Å². The predicted molar refractivity (Wildman–Crippen MR) is 139 cm³/mol. The highest BCUT2D eigenvalue weighted by Crippen LogP contribution is 2.38. The Labute approximate surface area is 209 Å². The van der Waals surface area contributed by atoms with E-state index in [4.69, 9.17) is 11.6 Å². The second-order valence-corrected chi connectivity index (χ2v) is 9.55. The maximum atomic E-state index is 14.0. The summed E-state index contributed by atoms with van der Waals surface area (Å²) in [5, 5.41) is 4.56. The van der Waals surface area contributed by atoms with Crippen LogP contribution in [0.4, 0.5) is 14.9 Å². The van der Waals surface area contributed by atoms with Gasteiger partial charge < -0.3 is 10.2 Å². The topological polar surface area (TPSA) is 45.2 Å². The maximum absolute atomic E-state index is 14.0. The lowest BCUT2D eigenvalue weighted by molar-refractivity contribution is 0.158. The van der Waals surface area contributed by atoms with Crippen LogP contribution in [0.1, 0.15) is 42.7 Å². The van der Waals surface area contributed by atoms with E-state index in [1.54, 1.807) is 24.3 Å². The molecule has 0 atom stereocenters. The largest absolute Gasteiger partial charge is 0.322 e. The van der Waals surface area contributed by atoms with Crippen molar-refractivity contribution in [2.75, 3.05) is 5.32 Å². The number of fused-ring (bicyclic) bond motifs is 1. The first-order chi connectivity index (χ1) is 17.1. The molecule has 1 heterocycles. The van der Waals surface area contributed by atoms with E-state index in [1.807, 2.05) is 59.6 Å². The van der Waals surface area contributed by atoms with E-state index in [2.05, 4.69) is 10.3 Å². The zero-order chi connectivity index (χ0) is 24.2. The molecule has 6 heteroatoms. The molecule has 4 aromatic rings. The molecule has 0 radical (unpaired) electrons. The Bertz CT molecular complexity index is 1300. The molecule has 1 aliphatic carbocycles. The molecule has 4 nitrogen and oxygen atoms in total. The molecule has 1 aliphatic rings. The van der Waals surface area contributed by atoms with Gasteiger partial charge in [-0.05, 0) is 91.3 Å². The summed E-state index contributed by atoms with van der Waals surface area (Å²) in [4.78, 5) is 19.7. The molecule has 3 aromatic carbocycles. The van der Waals surface area contributed by atoms with Crippen LogP contribution in [0, 0.1) is 5.82 Å². The van der Waals surface area contributed by atoms with E-state index in [0.29, 0.717) is 17.5 Å². The van der Waals surface area contributed by atoms with Crippen LogP contribution < -0.4 is 5.32 Å². The summed E-state index contributed by atoms with van der Waals surface area (Å²) in [5.41, 5.74) is 3.78. The Morgan fingerprint density at radius 2 is 1.71 bits per heavy atom. The van der Waals surface area contributed by atoms with Gasteiger partial charge in [-0.15, -0.1) is 0 Å². The number of pyridine rings is 1. The number of halogens is 2. The van der Waals surface area contributed by atoms with Crippen LogP contribution >= 0.6 is 11.6 Å². The monoisotopic (exact) mass is 487 g/mol. The zero-order valence-corrected chi connectivity index (χ0v) is 20.1. The third-order valence-corrected chi connectivity index (χ3v) is 7.12. The molecule has 0 saturated heterocycles. The molecule has 5 rings (SSSR count). The van der Waals surface area contributed by atoms with Gasteiger partial charge in [0.25, 0.3) is 0 Å². The number of carbonyl (C=O) groups excluding carboxylic acids is 1. The molecule has 35 heavy (non-hydrogen) atoms. The van der Waals surface area contributed by atoms with Gasteiger partial charge in [0.05, 0.1) is 5.52 Å². The summed E-state index contributed by atoms with van der Waals surface area (Å²) < 4.78 is 14.0. The molecule has 1 aromatic heterocycles. The van der Waals surface area contributed by atoms with Gasteiger partial charge in [0.1, 0.15) is 5.82 Å². The molecular formula is C29H27ClFN3O. The van der Waals surface area contributed by atoms with Gasteiger partial charge in [-0.25, -0.2) is 9.18 Å². The Morgan fingerprint density at radius 1 is 0.971 bits per heavy atom. The van der Waals surface area contributed by atoms with Crippen LogP contribution in [0.2, 0.25) is 5.02 Å². The second-order valence-electron chi connectivity index (χ2n) is 9.12. The minimum atomic E-state index is -0.242. The van der Waals surface area contributed by atoms with Crippen molar-refractivity contribution in [2.24, 2.45) is 0 Å². The number of benzene rings is 3. The van der Waals surface area contributed by atoms with Crippen LogP contribution in [-0.4, -0.2) is 22.0 Å². The van der Waals surface area contributed by atoms with Crippen LogP contribution in [0.5, 0.6) is 0 Å². The van der Waals surface area contributed by atoms with Gasteiger partial charge in [-0.1, -0.05) is 41.9 Å². The van der Waals surface area contributed by atoms with Crippen molar-refractivity contribution in [3.8, 4) is 0 Å². The summed E-state index contributed by atoms with van der Waals surface area (Å²) in [7, 11) is 0. The molecule has 0 aliphatic heterocycles. The summed E-state index contributed by atoms with van der Waals surface area (Å²) in [6, 6.07) is 24.0. The SMILES string of the molecule is O=C(Nc1ccc(Cl)cc1)N(Cc1ccccc1)[C@H]1CC[C@H](c2ccnc3ccc(F)cc32)CC1. The van der Waals surface area contributed by atoms with Crippen LogP contribution in [0.15, 0.2) is 85.1 Å². The third kappa shape index (κ3) is 5.46. The summed E-state index contributed by atoms with van der Waals surface area (Å²) >= 11 is 6.00. The van der Waals surface area contributed by atoms with Crippen molar-refractivity contribution < 1.29 is 9.18 Å². The lowest BCUT2D eigenvalue weighted by Crippen LogP contribution is -2.44. The predicted octanol–water partition coefficient (Wildman–Crippen LogP) is 7.79. The number of amides is 2. The average Bonchev–Trinajstić information content (AvgIpc) is 2.89. The van der Waals surface area contributed by atoms with Crippen molar-refractivity contribution in [3.05, 3.63) is 107 Å². The minimum absolute atomic E-state index is 0.114. The standard InChI is InChI=1S/C29H27ClFN3O/c30-22-8-11-24(12-9-22)33-29(35)34(19-20-4-2-1-3-5-20)25-13-6-21(7-14-25)26-16-17-32-28-15-10-23(31)18-27(26)28/h1-5,8-12,15-18,21,25H,6-7,13-14,19H2,(H,33,35)/t21-,25-. The molecule has 0 unspecified atom stereocenters. The maximum Gasteiger partial charge on any atom is 0.322 e. The van der Waals surface area contributed by atoms with Crippen molar-refractivity contribution in [1.82, 2.24) is 9.88 Å². The molecule has 178 valence electrons. The van der Waals surface area contributed by atoms with Gasteiger partial charge in [0.2, 0.25) is 0 Å². The highest BCUT2D eigenvalue weighted by Gasteiger charge is 2.30. The lowest BCUT2D eigenvalue weighted by atomic mass is 9.80. The second kappa shape index (κ2) is 10.4. The van der Waals surface area contributed by atoms with Crippen molar-refractivity contribution in [2.45, 2.75) is 44.2 Å². The van der Waals surface area contributed by atoms with Crippen LogP contribution in [0.3, 0.4) is 0 Å². The highest BCUT2D eigenvalue weighted by atomic mass is 35.5. The van der Waals surface area contributed by atoms with E-state index in [1.165, 1.54) is 6.07 Å². The molecular weight excluding hydrogens is 461 g/mol. The van der Waals surface area contributed by atoms with Crippen LogP contribution in [0.25, 0.3) is 10.9 Å². The first-order valence-corrected chi connectivity index (χ1v) is 12.4. The molecule has 1 N–H and O–H groups in total. The Morgan fingerprint density at radius 3 is 2.46 bits per heavy atom. The Balaban J connectivity index is 1.34. The number of rotatable bonds is 5. The van der Waals surface area contributed by atoms with Crippen molar-refractivity contribution in [3.63, 3.8) is 0 Å². The normalized spacial score (nSPS) is 17.8. The molecule has 1 fully saturated rings. The van der Waals surface area contributed by atoms with Gasteiger partial charge in [-0.3, -0.25) is 4.98 Å². The zero-order valence-electron chi connectivity index (χ0n) is 19.3. The molecule has 1 saturated carbocycles. The summed E-state index contributed by atoms with van der Waals surface area (Å²) in [6.45, 7) is 0.541. The fourth-order valence-corrected chi connectivity index (χ4v) is 5.20. The van der Waals surface area contributed by atoms with E-state index in [-0.39, 0.29) is 17.9 Å². The summed E-state index contributed by atoms with van der Waals surface area (Å²) in [5.74, 6) is 0.0739.